The SMILES string of the molecule is CCCNC(=O)NC(=O)COC(=O)C(O)(c1ccccc1)c1ccccc1. The van der Waals surface area contributed by atoms with Crippen molar-refractivity contribution in [3.8, 4) is 0 Å². The van der Waals surface area contributed by atoms with Crippen molar-refractivity contribution in [1.29, 1.82) is 0 Å². The summed E-state index contributed by atoms with van der Waals surface area (Å²) < 4.78 is 5.00. The average Bonchev–Trinajstić information content (AvgIpc) is 2.71. The number of imide groups is 1. The highest BCUT2D eigenvalue weighted by molar-refractivity contribution is 5.96. The molecule has 3 amide bonds. The van der Waals surface area contributed by atoms with Gasteiger partial charge in [-0.15, -0.1) is 0 Å². The zero-order valence-electron chi connectivity index (χ0n) is 15.0. The van der Waals surface area contributed by atoms with E-state index in [0.717, 1.165) is 6.42 Å². The standard InChI is InChI=1S/C20H22N2O5/c1-2-13-21-19(25)22-17(23)14-27-18(24)20(26,15-9-5-3-6-10-15)16-11-7-4-8-12-16/h3-12,26H,2,13-14H2,1H3,(H2,21,22,23,25). The van der Waals surface area contributed by atoms with Gasteiger partial charge in [-0.1, -0.05) is 67.6 Å². The van der Waals surface area contributed by atoms with E-state index in [1.807, 2.05) is 6.92 Å². The highest BCUT2D eigenvalue weighted by Crippen LogP contribution is 2.30. The molecule has 142 valence electrons. The molecule has 0 aromatic heterocycles. The second-order valence-corrected chi connectivity index (χ2v) is 5.82. The van der Waals surface area contributed by atoms with Gasteiger partial charge in [0.2, 0.25) is 5.60 Å². The summed E-state index contributed by atoms with van der Waals surface area (Å²) in [4.78, 5) is 35.9. The van der Waals surface area contributed by atoms with Gasteiger partial charge < -0.3 is 15.2 Å². The molecule has 7 heteroatoms. The molecule has 0 spiro atoms. The number of urea groups is 1. The number of esters is 1. The number of hydrogen-bond donors (Lipinski definition) is 3. The third-order valence-electron chi connectivity index (χ3n) is 3.80. The van der Waals surface area contributed by atoms with E-state index in [1.165, 1.54) is 0 Å². The molecule has 0 aliphatic rings. The summed E-state index contributed by atoms with van der Waals surface area (Å²) in [5, 5.41) is 15.7. The Labute approximate surface area is 157 Å². The van der Waals surface area contributed by atoms with E-state index < -0.39 is 30.1 Å². The number of carbonyl (C=O) groups excluding carboxylic acids is 3. The lowest BCUT2D eigenvalue weighted by atomic mass is 9.86. The Hall–Kier alpha value is -3.19. The van der Waals surface area contributed by atoms with Gasteiger partial charge in [0.25, 0.3) is 5.91 Å². The second kappa shape index (κ2) is 9.49. The first-order chi connectivity index (χ1) is 13.0. The minimum atomic E-state index is -2.08. The Morgan fingerprint density at radius 1 is 0.963 bits per heavy atom. The molecule has 0 aliphatic heterocycles. The van der Waals surface area contributed by atoms with Crippen LogP contribution >= 0.6 is 0 Å². The Balaban J connectivity index is 2.12. The topological polar surface area (TPSA) is 105 Å². The molecular formula is C20H22N2O5. The second-order valence-electron chi connectivity index (χ2n) is 5.82. The van der Waals surface area contributed by atoms with Gasteiger partial charge in [0.15, 0.2) is 6.61 Å². The van der Waals surface area contributed by atoms with Crippen molar-refractivity contribution < 1.29 is 24.2 Å². The fourth-order valence-electron chi connectivity index (χ4n) is 2.44. The van der Waals surface area contributed by atoms with Crippen LogP contribution in [0.15, 0.2) is 60.7 Å². The van der Waals surface area contributed by atoms with Gasteiger partial charge in [-0.2, -0.15) is 0 Å². The molecule has 0 unspecified atom stereocenters. The summed E-state index contributed by atoms with van der Waals surface area (Å²) in [5.74, 6) is -1.80. The predicted octanol–water partition coefficient (Wildman–Crippen LogP) is 1.70. The van der Waals surface area contributed by atoms with Crippen molar-refractivity contribution in [3.63, 3.8) is 0 Å². The third-order valence-corrected chi connectivity index (χ3v) is 3.80. The Morgan fingerprint density at radius 2 is 1.48 bits per heavy atom. The highest BCUT2D eigenvalue weighted by Gasteiger charge is 2.41. The Kier molecular flexibility index (Phi) is 7.08. The zero-order chi connectivity index (χ0) is 19.7. The van der Waals surface area contributed by atoms with Crippen LogP contribution in [-0.4, -0.2) is 36.2 Å². The molecule has 27 heavy (non-hydrogen) atoms. The summed E-state index contributed by atoms with van der Waals surface area (Å²) in [6, 6.07) is 15.9. The van der Waals surface area contributed by atoms with Crippen LogP contribution in [0.25, 0.3) is 0 Å². The van der Waals surface area contributed by atoms with E-state index in [-0.39, 0.29) is 0 Å². The molecule has 7 nitrogen and oxygen atoms in total. The number of nitrogens with one attached hydrogen (secondary N) is 2. The van der Waals surface area contributed by atoms with Crippen LogP contribution in [0.1, 0.15) is 24.5 Å². The minimum absolute atomic E-state index is 0.308. The maximum absolute atomic E-state index is 12.7. The Bertz CT molecular complexity index is 738. The quantitative estimate of drug-likeness (QED) is 0.644. The highest BCUT2D eigenvalue weighted by atomic mass is 16.6. The molecule has 0 bridgehead atoms. The van der Waals surface area contributed by atoms with Gasteiger partial charge >= 0.3 is 12.0 Å². The van der Waals surface area contributed by atoms with Gasteiger partial charge in [0.1, 0.15) is 0 Å². The molecule has 0 atom stereocenters. The van der Waals surface area contributed by atoms with Crippen LogP contribution in [0.4, 0.5) is 4.79 Å². The molecule has 0 saturated carbocycles. The summed E-state index contributed by atoms with van der Waals surface area (Å²) in [7, 11) is 0. The fourth-order valence-corrected chi connectivity index (χ4v) is 2.44. The molecule has 2 aromatic carbocycles. The van der Waals surface area contributed by atoms with E-state index in [0.29, 0.717) is 17.7 Å². The van der Waals surface area contributed by atoms with Crippen molar-refractivity contribution in [2.75, 3.05) is 13.2 Å². The number of aliphatic hydroxyl groups is 1. The molecular weight excluding hydrogens is 348 g/mol. The van der Waals surface area contributed by atoms with Crippen molar-refractivity contribution >= 4 is 17.9 Å². The number of hydrogen-bond acceptors (Lipinski definition) is 5. The molecule has 2 aromatic rings. The first kappa shape index (κ1) is 20.1. The number of carbonyl (C=O) groups is 3. The van der Waals surface area contributed by atoms with Crippen LogP contribution in [0.5, 0.6) is 0 Å². The first-order valence-electron chi connectivity index (χ1n) is 8.56. The van der Waals surface area contributed by atoms with E-state index in [2.05, 4.69) is 10.6 Å². The van der Waals surface area contributed by atoms with Gasteiger partial charge in [-0.3, -0.25) is 10.1 Å². The third kappa shape index (κ3) is 5.15. The summed E-state index contributed by atoms with van der Waals surface area (Å²) in [6.45, 7) is 1.60. The van der Waals surface area contributed by atoms with Gasteiger partial charge in [0, 0.05) is 6.54 Å². The van der Waals surface area contributed by atoms with Gasteiger partial charge in [-0.25, -0.2) is 9.59 Å². The van der Waals surface area contributed by atoms with Crippen LogP contribution in [0, 0.1) is 0 Å². The number of ether oxygens (including phenoxy) is 1. The normalized spacial score (nSPS) is 10.7. The van der Waals surface area contributed by atoms with Crippen LogP contribution in [0.2, 0.25) is 0 Å². The van der Waals surface area contributed by atoms with Crippen LogP contribution in [-0.2, 0) is 19.9 Å². The van der Waals surface area contributed by atoms with Crippen molar-refractivity contribution in [3.05, 3.63) is 71.8 Å². The fraction of sp³-hybridized carbons (Fsp3) is 0.250. The Morgan fingerprint density at radius 3 is 1.96 bits per heavy atom. The molecule has 0 aliphatic carbocycles. The first-order valence-corrected chi connectivity index (χ1v) is 8.56. The van der Waals surface area contributed by atoms with Crippen molar-refractivity contribution in [2.45, 2.75) is 18.9 Å². The molecule has 0 heterocycles. The van der Waals surface area contributed by atoms with Crippen LogP contribution < -0.4 is 10.6 Å². The van der Waals surface area contributed by atoms with Crippen molar-refractivity contribution in [2.24, 2.45) is 0 Å². The number of amides is 3. The van der Waals surface area contributed by atoms with Crippen molar-refractivity contribution in [1.82, 2.24) is 10.6 Å². The predicted molar refractivity (Wildman–Crippen MR) is 98.7 cm³/mol. The maximum atomic E-state index is 12.7. The minimum Gasteiger partial charge on any atom is -0.453 e. The lowest BCUT2D eigenvalue weighted by Gasteiger charge is -2.26. The maximum Gasteiger partial charge on any atom is 0.348 e. The van der Waals surface area contributed by atoms with Crippen LogP contribution in [0.3, 0.4) is 0 Å². The van der Waals surface area contributed by atoms with E-state index in [1.54, 1.807) is 60.7 Å². The zero-order valence-corrected chi connectivity index (χ0v) is 15.0. The largest absolute Gasteiger partial charge is 0.453 e. The van der Waals surface area contributed by atoms with E-state index in [9.17, 15) is 19.5 Å². The summed E-state index contributed by atoms with van der Waals surface area (Å²) in [5.41, 5.74) is -1.46. The monoisotopic (exact) mass is 370 g/mol. The smallest absolute Gasteiger partial charge is 0.348 e. The van der Waals surface area contributed by atoms with Gasteiger partial charge in [-0.05, 0) is 17.5 Å². The molecule has 2 rings (SSSR count). The lowest BCUT2D eigenvalue weighted by molar-refractivity contribution is -0.164. The number of rotatable bonds is 7. The average molecular weight is 370 g/mol. The molecule has 3 N–H and O–H groups in total. The molecule has 0 radical (unpaired) electrons. The van der Waals surface area contributed by atoms with Gasteiger partial charge in [0.05, 0.1) is 0 Å². The van der Waals surface area contributed by atoms with E-state index in [4.69, 9.17) is 4.74 Å². The summed E-state index contributed by atoms with van der Waals surface area (Å²) in [6.07, 6.45) is 0.720. The van der Waals surface area contributed by atoms with E-state index >= 15 is 0 Å². The summed E-state index contributed by atoms with van der Waals surface area (Å²) >= 11 is 0. The number of benzene rings is 2. The molecule has 0 saturated heterocycles. The molecule has 0 fully saturated rings. The lowest BCUT2D eigenvalue weighted by Crippen LogP contribution is -2.44.